The molecule has 8 nitrogen and oxygen atoms in total. The molecule has 2 aromatic rings. The summed E-state index contributed by atoms with van der Waals surface area (Å²) in [4.78, 5) is 29.1. The third-order valence-corrected chi connectivity index (χ3v) is 6.02. The molecule has 0 saturated carbocycles. The fourth-order valence-corrected chi connectivity index (χ4v) is 4.22. The van der Waals surface area contributed by atoms with Gasteiger partial charge in [0.15, 0.2) is 16.6 Å². The summed E-state index contributed by atoms with van der Waals surface area (Å²) in [5, 5.41) is 3.29. The van der Waals surface area contributed by atoms with E-state index in [-0.39, 0.29) is 18.2 Å². The van der Waals surface area contributed by atoms with Crippen LogP contribution in [0.3, 0.4) is 0 Å². The molecule has 0 unspecified atom stereocenters. The Kier molecular flexibility index (Phi) is 8.11. The lowest BCUT2D eigenvalue weighted by Gasteiger charge is -2.24. The lowest BCUT2D eigenvalue weighted by atomic mass is 10.1. The van der Waals surface area contributed by atoms with Gasteiger partial charge in [-0.2, -0.15) is 0 Å². The number of thiocarbonyl (C=S) groups is 1. The second-order valence-corrected chi connectivity index (χ2v) is 7.86. The van der Waals surface area contributed by atoms with Crippen molar-refractivity contribution in [1.29, 1.82) is 0 Å². The van der Waals surface area contributed by atoms with E-state index in [0.29, 0.717) is 47.6 Å². The second-order valence-electron chi connectivity index (χ2n) is 7.49. The van der Waals surface area contributed by atoms with Crippen molar-refractivity contribution >= 4 is 34.8 Å². The standard InChI is InChI=1S/C24H29N3O5S/c1-5-26-23(29)19(15-22(28)25-17-7-9-18(30-2)10-8-17)27(24(26)33)13-12-16-6-11-20(31-3)21(14-16)32-4/h6-11,14,19H,5,12-13,15H2,1-4H3,(H,25,28)/t19-/m1/s1. The Morgan fingerprint density at radius 1 is 1.03 bits per heavy atom. The maximum absolute atomic E-state index is 13.0. The minimum absolute atomic E-state index is 0.00738. The first-order chi connectivity index (χ1) is 15.9. The zero-order chi connectivity index (χ0) is 24.0. The summed E-state index contributed by atoms with van der Waals surface area (Å²) in [6, 6.07) is 12.1. The molecule has 0 bridgehead atoms. The van der Waals surface area contributed by atoms with E-state index in [1.807, 2.05) is 30.0 Å². The topological polar surface area (TPSA) is 80.3 Å². The van der Waals surface area contributed by atoms with Crippen LogP contribution in [0.4, 0.5) is 5.69 Å². The molecule has 1 saturated heterocycles. The van der Waals surface area contributed by atoms with Crippen LogP contribution in [0.25, 0.3) is 0 Å². The van der Waals surface area contributed by atoms with E-state index in [4.69, 9.17) is 26.4 Å². The summed E-state index contributed by atoms with van der Waals surface area (Å²) < 4.78 is 15.8. The van der Waals surface area contributed by atoms with E-state index in [9.17, 15) is 9.59 Å². The van der Waals surface area contributed by atoms with E-state index in [1.165, 1.54) is 0 Å². The van der Waals surface area contributed by atoms with Gasteiger partial charge >= 0.3 is 0 Å². The molecule has 0 aliphatic carbocycles. The molecule has 1 heterocycles. The number of hydrogen-bond acceptors (Lipinski definition) is 6. The molecule has 3 rings (SSSR count). The van der Waals surface area contributed by atoms with E-state index in [1.54, 1.807) is 50.5 Å². The van der Waals surface area contributed by atoms with Crippen molar-refractivity contribution in [3.63, 3.8) is 0 Å². The quantitative estimate of drug-likeness (QED) is 0.534. The van der Waals surface area contributed by atoms with Crippen molar-refractivity contribution in [2.75, 3.05) is 39.7 Å². The number of anilines is 1. The molecule has 33 heavy (non-hydrogen) atoms. The maximum atomic E-state index is 13.0. The number of nitrogens with zero attached hydrogens (tertiary/aromatic N) is 2. The van der Waals surface area contributed by atoms with Crippen molar-refractivity contribution in [2.24, 2.45) is 0 Å². The predicted octanol–water partition coefficient (Wildman–Crippen LogP) is 3.10. The van der Waals surface area contributed by atoms with Crippen LogP contribution < -0.4 is 19.5 Å². The Hall–Kier alpha value is -3.33. The number of ether oxygens (including phenoxy) is 3. The van der Waals surface area contributed by atoms with Crippen LogP contribution in [-0.4, -0.2) is 67.2 Å². The smallest absolute Gasteiger partial charge is 0.252 e. The van der Waals surface area contributed by atoms with Crippen LogP contribution in [0.1, 0.15) is 18.9 Å². The van der Waals surface area contributed by atoms with E-state index in [0.717, 1.165) is 5.56 Å². The van der Waals surface area contributed by atoms with Gasteiger partial charge in [0.05, 0.1) is 27.8 Å². The monoisotopic (exact) mass is 471 g/mol. The Balaban J connectivity index is 1.70. The van der Waals surface area contributed by atoms with E-state index >= 15 is 0 Å². The number of methoxy groups -OCH3 is 3. The molecule has 1 atom stereocenters. The molecule has 0 radical (unpaired) electrons. The summed E-state index contributed by atoms with van der Waals surface area (Å²) >= 11 is 5.57. The zero-order valence-corrected chi connectivity index (χ0v) is 20.1. The van der Waals surface area contributed by atoms with Gasteiger partial charge in [-0.3, -0.25) is 14.5 Å². The Bertz CT molecular complexity index is 1010. The minimum Gasteiger partial charge on any atom is -0.497 e. The third-order valence-electron chi connectivity index (χ3n) is 5.56. The largest absolute Gasteiger partial charge is 0.497 e. The Morgan fingerprint density at radius 2 is 1.73 bits per heavy atom. The van der Waals surface area contributed by atoms with Crippen molar-refractivity contribution in [2.45, 2.75) is 25.8 Å². The van der Waals surface area contributed by atoms with Crippen molar-refractivity contribution < 1.29 is 23.8 Å². The summed E-state index contributed by atoms with van der Waals surface area (Å²) in [6.45, 7) is 2.83. The van der Waals surface area contributed by atoms with Crippen LogP contribution in [0, 0.1) is 0 Å². The van der Waals surface area contributed by atoms with Gasteiger partial charge in [-0.15, -0.1) is 0 Å². The van der Waals surface area contributed by atoms with Gasteiger partial charge in [0.2, 0.25) is 5.91 Å². The highest BCUT2D eigenvalue weighted by molar-refractivity contribution is 7.80. The van der Waals surface area contributed by atoms with Gasteiger partial charge in [0.25, 0.3) is 5.91 Å². The molecule has 1 N–H and O–H groups in total. The third kappa shape index (κ3) is 5.54. The summed E-state index contributed by atoms with van der Waals surface area (Å²) in [7, 11) is 4.76. The molecular formula is C24H29N3O5S. The first-order valence-electron chi connectivity index (χ1n) is 10.7. The van der Waals surface area contributed by atoms with E-state index < -0.39 is 6.04 Å². The first kappa shape index (κ1) is 24.3. The highest BCUT2D eigenvalue weighted by Gasteiger charge is 2.42. The minimum atomic E-state index is -0.643. The molecule has 176 valence electrons. The second kappa shape index (κ2) is 11.0. The average molecular weight is 472 g/mol. The van der Waals surface area contributed by atoms with Crippen LogP contribution in [-0.2, 0) is 16.0 Å². The highest BCUT2D eigenvalue weighted by atomic mass is 32.1. The number of nitrogens with one attached hydrogen (secondary N) is 1. The molecule has 2 aromatic carbocycles. The Morgan fingerprint density at radius 3 is 2.33 bits per heavy atom. The SMILES string of the molecule is CCN1C(=O)[C@@H](CC(=O)Nc2ccc(OC)cc2)N(CCc2ccc(OC)c(OC)c2)C1=S. The highest BCUT2D eigenvalue weighted by Crippen LogP contribution is 2.28. The van der Waals surface area contributed by atoms with Crippen LogP contribution in [0.2, 0.25) is 0 Å². The molecule has 1 aliphatic rings. The van der Waals surface area contributed by atoms with Gasteiger partial charge in [-0.1, -0.05) is 6.07 Å². The fraction of sp³-hybridized carbons (Fsp3) is 0.375. The number of carbonyl (C=O) groups is 2. The van der Waals surface area contributed by atoms with Crippen LogP contribution in [0.15, 0.2) is 42.5 Å². The van der Waals surface area contributed by atoms with Crippen molar-refractivity contribution in [3.05, 3.63) is 48.0 Å². The molecule has 0 aromatic heterocycles. The zero-order valence-electron chi connectivity index (χ0n) is 19.3. The van der Waals surface area contributed by atoms with Crippen LogP contribution >= 0.6 is 12.2 Å². The maximum Gasteiger partial charge on any atom is 0.252 e. The Labute approximate surface area is 199 Å². The number of rotatable bonds is 10. The van der Waals surface area contributed by atoms with Crippen molar-refractivity contribution in [1.82, 2.24) is 9.80 Å². The molecular weight excluding hydrogens is 442 g/mol. The first-order valence-corrected chi connectivity index (χ1v) is 11.1. The number of hydrogen-bond donors (Lipinski definition) is 1. The van der Waals surface area contributed by atoms with Gasteiger partial charge in [-0.05, 0) is 67.5 Å². The summed E-state index contributed by atoms with van der Waals surface area (Å²) in [6.07, 6.45) is 0.634. The molecule has 1 aliphatic heterocycles. The molecule has 2 amide bonds. The van der Waals surface area contributed by atoms with Gasteiger partial charge in [0.1, 0.15) is 11.8 Å². The lowest BCUT2D eigenvalue weighted by molar-refractivity contribution is -0.130. The van der Waals surface area contributed by atoms with E-state index in [2.05, 4.69) is 5.32 Å². The summed E-state index contributed by atoms with van der Waals surface area (Å²) in [5.74, 6) is 1.58. The van der Waals surface area contributed by atoms with Gasteiger partial charge < -0.3 is 24.4 Å². The van der Waals surface area contributed by atoms with Crippen molar-refractivity contribution in [3.8, 4) is 17.2 Å². The number of likely N-dealkylation sites (N-methyl/N-ethyl adjacent to an activating group) is 1. The van der Waals surface area contributed by atoms with Crippen LogP contribution in [0.5, 0.6) is 17.2 Å². The average Bonchev–Trinajstić information content (AvgIpc) is 3.05. The lowest BCUT2D eigenvalue weighted by Crippen LogP contribution is -2.39. The van der Waals surface area contributed by atoms with Gasteiger partial charge in [0, 0.05) is 18.8 Å². The number of amides is 2. The normalized spacial score (nSPS) is 15.6. The fourth-order valence-electron chi connectivity index (χ4n) is 3.78. The number of carbonyl (C=O) groups excluding carboxylic acids is 2. The summed E-state index contributed by atoms with van der Waals surface area (Å²) in [5.41, 5.74) is 1.65. The molecule has 9 heteroatoms. The van der Waals surface area contributed by atoms with Gasteiger partial charge in [-0.25, -0.2) is 0 Å². The molecule has 1 fully saturated rings. The number of benzene rings is 2. The molecule has 0 spiro atoms. The predicted molar refractivity (Wildman–Crippen MR) is 130 cm³/mol.